The molecule has 1 aromatic carbocycles. The molecular weight excluding hydrogens is 220 g/mol. The van der Waals surface area contributed by atoms with Gasteiger partial charge in [0.05, 0.1) is 13.1 Å². The molecule has 0 aromatic heterocycles. The summed E-state index contributed by atoms with van der Waals surface area (Å²) in [4.78, 5) is 21.6. The zero-order valence-electron chi connectivity index (χ0n) is 9.69. The van der Waals surface area contributed by atoms with Crippen molar-refractivity contribution in [3.05, 3.63) is 29.8 Å². The molecule has 0 unspecified atom stereocenters. The number of rotatable bonds is 6. The standard InChI is InChI=1S/C12H16N2O3/c1-2-9-3-5-10(6-4-9)14-11(15)7-13-8-12(16)17/h3-6,13H,2,7-8H2,1H3,(H,14,15)(H,16,17). The van der Waals surface area contributed by atoms with Gasteiger partial charge in [0.25, 0.3) is 0 Å². The Kier molecular flexibility index (Phi) is 5.16. The third kappa shape index (κ3) is 5.12. The van der Waals surface area contributed by atoms with E-state index < -0.39 is 5.97 Å². The first-order valence-electron chi connectivity index (χ1n) is 5.43. The molecule has 0 heterocycles. The van der Waals surface area contributed by atoms with E-state index >= 15 is 0 Å². The lowest BCUT2D eigenvalue weighted by atomic mass is 10.1. The van der Waals surface area contributed by atoms with Crippen LogP contribution in [0.15, 0.2) is 24.3 Å². The molecule has 0 fully saturated rings. The van der Waals surface area contributed by atoms with Gasteiger partial charge in [0.2, 0.25) is 5.91 Å². The molecule has 17 heavy (non-hydrogen) atoms. The molecule has 0 aliphatic heterocycles. The molecule has 92 valence electrons. The maximum absolute atomic E-state index is 11.4. The molecule has 0 atom stereocenters. The molecule has 0 bridgehead atoms. The van der Waals surface area contributed by atoms with Crippen LogP contribution in [0.5, 0.6) is 0 Å². The summed E-state index contributed by atoms with van der Waals surface area (Å²) < 4.78 is 0. The number of carboxylic acids is 1. The summed E-state index contributed by atoms with van der Waals surface area (Å²) >= 11 is 0. The average molecular weight is 236 g/mol. The van der Waals surface area contributed by atoms with E-state index in [0.29, 0.717) is 5.69 Å². The highest BCUT2D eigenvalue weighted by Gasteiger charge is 2.03. The summed E-state index contributed by atoms with van der Waals surface area (Å²) in [7, 11) is 0. The Hall–Kier alpha value is -1.88. The number of nitrogens with one attached hydrogen (secondary N) is 2. The van der Waals surface area contributed by atoms with E-state index in [4.69, 9.17) is 5.11 Å². The Morgan fingerprint density at radius 3 is 2.35 bits per heavy atom. The Morgan fingerprint density at radius 1 is 1.18 bits per heavy atom. The molecule has 0 spiro atoms. The van der Waals surface area contributed by atoms with Crippen molar-refractivity contribution in [1.29, 1.82) is 0 Å². The second-order valence-corrected chi connectivity index (χ2v) is 3.60. The van der Waals surface area contributed by atoms with Crippen molar-refractivity contribution >= 4 is 17.6 Å². The van der Waals surface area contributed by atoms with E-state index in [0.717, 1.165) is 6.42 Å². The molecule has 5 nitrogen and oxygen atoms in total. The van der Waals surface area contributed by atoms with E-state index in [2.05, 4.69) is 17.6 Å². The van der Waals surface area contributed by atoms with Crippen LogP contribution in [0.1, 0.15) is 12.5 Å². The number of anilines is 1. The van der Waals surface area contributed by atoms with Crippen LogP contribution in [0.2, 0.25) is 0 Å². The van der Waals surface area contributed by atoms with E-state index in [1.807, 2.05) is 24.3 Å². The lowest BCUT2D eigenvalue weighted by Gasteiger charge is -2.06. The number of carbonyl (C=O) groups is 2. The minimum absolute atomic E-state index is 0.0121. The van der Waals surface area contributed by atoms with Gasteiger partial charge in [-0.2, -0.15) is 0 Å². The van der Waals surface area contributed by atoms with Gasteiger partial charge in [0.15, 0.2) is 0 Å². The topological polar surface area (TPSA) is 78.4 Å². The van der Waals surface area contributed by atoms with Crippen molar-refractivity contribution < 1.29 is 14.7 Å². The lowest BCUT2D eigenvalue weighted by Crippen LogP contribution is -2.31. The maximum atomic E-state index is 11.4. The molecule has 1 aromatic rings. The average Bonchev–Trinajstić information content (AvgIpc) is 2.29. The summed E-state index contributed by atoms with van der Waals surface area (Å²) in [5.41, 5.74) is 1.91. The zero-order chi connectivity index (χ0) is 12.7. The number of carbonyl (C=O) groups excluding carboxylic acids is 1. The van der Waals surface area contributed by atoms with Gasteiger partial charge in [-0.15, -0.1) is 0 Å². The number of aliphatic carboxylic acids is 1. The highest BCUT2D eigenvalue weighted by Crippen LogP contribution is 2.09. The number of hydrogen-bond acceptors (Lipinski definition) is 3. The van der Waals surface area contributed by atoms with Crippen LogP contribution in [0, 0.1) is 0 Å². The fourth-order valence-corrected chi connectivity index (χ4v) is 1.31. The predicted octanol–water partition coefficient (Wildman–Crippen LogP) is 0.862. The van der Waals surface area contributed by atoms with Crippen LogP contribution in [-0.2, 0) is 16.0 Å². The fraction of sp³-hybridized carbons (Fsp3) is 0.333. The lowest BCUT2D eigenvalue weighted by molar-refractivity contribution is -0.135. The van der Waals surface area contributed by atoms with Gasteiger partial charge in [-0.25, -0.2) is 0 Å². The maximum Gasteiger partial charge on any atom is 0.317 e. The highest BCUT2D eigenvalue weighted by atomic mass is 16.4. The summed E-state index contributed by atoms with van der Waals surface area (Å²) in [6.45, 7) is 1.83. The molecule has 0 aliphatic carbocycles. The Labute approximate surface area is 99.8 Å². The highest BCUT2D eigenvalue weighted by molar-refractivity contribution is 5.92. The number of carboxylic acid groups (broad SMARTS) is 1. The van der Waals surface area contributed by atoms with Crippen LogP contribution in [0.3, 0.4) is 0 Å². The Balaban J connectivity index is 2.37. The summed E-state index contributed by atoms with van der Waals surface area (Å²) in [6, 6.07) is 7.54. The van der Waals surface area contributed by atoms with Gasteiger partial charge in [0.1, 0.15) is 0 Å². The van der Waals surface area contributed by atoms with Gasteiger partial charge < -0.3 is 10.4 Å². The second-order valence-electron chi connectivity index (χ2n) is 3.60. The number of amides is 1. The third-order valence-corrected chi connectivity index (χ3v) is 2.21. The third-order valence-electron chi connectivity index (χ3n) is 2.21. The molecule has 3 N–H and O–H groups in total. The van der Waals surface area contributed by atoms with E-state index in [1.165, 1.54) is 5.56 Å². The molecule has 0 radical (unpaired) electrons. The van der Waals surface area contributed by atoms with Gasteiger partial charge in [0, 0.05) is 5.69 Å². The predicted molar refractivity (Wildman–Crippen MR) is 65.0 cm³/mol. The zero-order valence-corrected chi connectivity index (χ0v) is 9.69. The molecule has 0 saturated carbocycles. The summed E-state index contributed by atoms with van der Waals surface area (Å²) in [6.07, 6.45) is 0.953. The van der Waals surface area contributed by atoms with Gasteiger partial charge in [-0.05, 0) is 24.1 Å². The fourth-order valence-electron chi connectivity index (χ4n) is 1.31. The van der Waals surface area contributed by atoms with Crippen molar-refractivity contribution in [2.24, 2.45) is 0 Å². The van der Waals surface area contributed by atoms with Crippen molar-refractivity contribution in [2.75, 3.05) is 18.4 Å². The molecule has 1 amide bonds. The van der Waals surface area contributed by atoms with Crippen LogP contribution >= 0.6 is 0 Å². The second kappa shape index (κ2) is 6.65. The van der Waals surface area contributed by atoms with E-state index in [9.17, 15) is 9.59 Å². The van der Waals surface area contributed by atoms with E-state index in [1.54, 1.807) is 0 Å². The number of benzene rings is 1. The summed E-state index contributed by atoms with van der Waals surface area (Å²) in [5.74, 6) is -1.24. The molecule has 5 heteroatoms. The Morgan fingerprint density at radius 2 is 1.82 bits per heavy atom. The monoisotopic (exact) mass is 236 g/mol. The summed E-state index contributed by atoms with van der Waals surface area (Å²) in [5, 5.41) is 13.6. The van der Waals surface area contributed by atoms with Gasteiger partial charge in [-0.3, -0.25) is 14.9 Å². The first-order chi connectivity index (χ1) is 8.11. The van der Waals surface area contributed by atoms with Crippen LogP contribution in [-0.4, -0.2) is 30.1 Å². The Bertz CT molecular complexity index is 387. The molecule has 1 rings (SSSR count). The number of hydrogen-bond donors (Lipinski definition) is 3. The quantitative estimate of drug-likeness (QED) is 0.684. The van der Waals surface area contributed by atoms with Crippen LogP contribution in [0.4, 0.5) is 5.69 Å². The molecule has 0 saturated heterocycles. The largest absolute Gasteiger partial charge is 0.480 e. The first-order valence-corrected chi connectivity index (χ1v) is 5.43. The van der Waals surface area contributed by atoms with Crippen molar-refractivity contribution in [3.8, 4) is 0 Å². The minimum atomic E-state index is -0.981. The minimum Gasteiger partial charge on any atom is -0.480 e. The van der Waals surface area contributed by atoms with Gasteiger partial charge in [-0.1, -0.05) is 19.1 Å². The van der Waals surface area contributed by atoms with Crippen molar-refractivity contribution in [2.45, 2.75) is 13.3 Å². The van der Waals surface area contributed by atoms with E-state index in [-0.39, 0.29) is 19.0 Å². The SMILES string of the molecule is CCc1ccc(NC(=O)CNCC(=O)O)cc1. The normalized spacial score (nSPS) is 9.94. The van der Waals surface area contributed by atoms with Crippen LogP contribution < -0.4 is 10.6 Å². The first kappa shape index (κ1) is 13.2. The van der Waals surface area contributed by atoms with Crippen LogP contribution in [0.25, 0.3) is 0 Å². The molecule has 0 aliphatic rings. The smallest absolute Gasteiger partial charge is 0.317 e. The van der Waals surface area contributed by atoms with Crippen molar-refractivity contribution in [3.63, 3.8) is 0 Å². The van der Waals surface area contributed by atoms with Gasteiger partial charge >= 0.3 is 5.97 Å². The molecular formula is C12H16N2O3. The number of aryl methyl sites for hydroxylation is 1. The van der Waals surface area contributed by atoms with Crippen molar-refractivity contribution in [1.82, 2.24) is 5.32 Å².